The fraction of sp³-hybridized carbons (Fsp3) is 0.353. The Kier molecular flexibility index (Phi) is 6.55. The molecule has 124 valence electrons. The van der Waals surface area contributed by atoms with E-state index in [2.05, 4.69) is 52.1 Å². The molecule has 1 heterocycles. The van der Waals surface area contributed by atoms with E-state index in [9.17, 15) is 4.39 Å². The predicted molar refractivity (Wildman–Crippen MR) is 95.3 cm³/mol. The topological polar surface area (TPSA) is 39.7 Å². The monoisotopic (exact) mass is 334 g/mol. The smallest absolute Gasteiger partial charge is 0.191 e. The highest BCUT2D eigenvalue weighted by Crippen LogP contribution is 2.22. The molecule has 0 saturated carbocycles. The Morgan fingerprint density at radius 2 is 2.00 bits per heavy atom. The number of hydrogen-bond acceptors (Lipinski definition) is 3. The van der Waals surface area contributed by atoms with Gasteiger partial charge in [0, 0.05) is 30.6 Å². The average Bonchev–Trinajstić information content (AvgIpc) is 3.05. The lowest BCUT2D eigenvalue weighted by molar-refractivity contribution is 0.302. The van der Waals surface area contributed by atoms with Crippen LogP contribution in [0.2, 0.25) is 0 Å². The summed E-state index contributed by atoms with van der Waals surface area (Å²) >= 11 is 1.74. The molecule has 0 aliphatic heterocycles. The van der Waals surface area contributed by atoms with E-state index in [1.165, 1.54) is 10.9 Å². The number of nitrogens with one attached hydrogen (secondary N) is 2. The molecule has 1 aromatic carbocycles. The number of thiophene rings is 1. The maximum absolute atomic E-state index is 13.6. The van der Waals surface area contributed by atoms with Crippen molar-refractivity contribution in [2.24, 2.45) is 4.99 Å². The van der Waals surface area contributed by atoms with Gasteiger partial charge in [-0.3, -0.25) is 4.99 Å². The third kappa shape index (κ3) is 5.04. The molecule has 4 nitrogen and oxygen atoms in total. The van der Waals surface area contributed by atoms with Crippen molar-refractivity contribution >= 4 is 17.3 Å². The summed E-state index contributed by atoms with van der Waals surface area (Å²) < 4.78 is 13.6. The molecule has 2 rings (SSSR count). The molecule has 0 bridgehead atoms. The van der Waals surface area contributed by atoms with E-state index in [-0.39, 0.29) is 11.9 Å². The summed E-state index contributed by atoms with van der Waals surface area (Å²) in [6, 6.07) is 11.2. The average molecular weight is 334 g/mol. The largest absolute Gasteiger partial charge is 0.354 e. The van der Waals surface area contributed by atoms with Gasteiger partial charge in [-0.1, -0.05) is 24.3 Å². The first-order valence-electron chi connectivity index (χ1n) is 7.49. The van der Waals surface area contributed by atoms with Crippen LogP contribution in [0.3, 0.4) is 0 Å². The van der Waals surface area contributed by atoms with Crippen LogP contribution in [0.4, 0.5) is 4.39 Å². The van der Waals surface area contributed by atoms with Crippen LogP contribution in [0.25, 0.3) is 0 Å². The molecule has 6 heteroatoms. The first kappa shape index (κ1) is 17.4. The second-order valence-electron chi connectivity index (χ2n) is 5.39. The van der Waals surface area contributed by atoms with E-state index >= 15 is 0 Å². The highest BCUT2D eigenvalue weighted by atomic mass is 32.1. The highest BCUT2D eigenvalue weighted by molar-refractivity contribution is 7.10. The minimum atomic E-state index is -0.208. The number of rotatable bonds is 6. The fourth-order valence-electron chi connectivity index (χ4n) is 2.25. The summed E-state index contributed by atoms with van der Waals surface area (Å²) in [7, 11) is 5.83. The van der Waals surface area contributed by atoms with Gasteiger partial charge in [0.15, 0.2) is 5.96 Å². The highest BCUT2D eigenvalue weighted by Gasteiger charge is 2.15. The first-order chi connectivity index (χ1) is 11.1. The molecule has 0 radical (unpaired) electrons. The van der Waals surface area contributed by atoms with Crippen LogP contribution in [-0.4, -0.2) is 38.5 Å². The third-order valence-electron chi connectivity index (χ3n) is 3.59. The molecule has 0 fully saturated rings. The number of likely N-dealkylation sites (N-methyl/N-ethyl adjacent to an activating group) is 1. The maximum atomic E-state index is 13.6. The van der Waals surface area contributed by atoms with Gasteiger partial charge in [-0.25, -0.2) is 4.39 Å². The van der Waals surface area contributed by atoms with E-state index in [1.807, 2.05) is 6.07 Å². The van der Waals surface area contributed by atoms with E-state index in [0.29, 0.717) is 18.1 Å². The molecule has 1 unspecified atom stereocenters. The molecular formula is C17H23FN4S. The Bertz CT molecular complexity index is 625. The molecule has 0 spiro atoms. The lowest BCUT2D eigenvalue weighted by Gasteiger charge is -2.24. The van der Waals surface area contributed by atoms with Crippen molar-refractivity contribution in [1.29, 1.82) is 0 Å². The van der Waals surface area contributed by atoms with Crippen molar-refractivity contribution in [2.75, 3.05) is 27.7 Å². The Morgan fingerprint density at radius 3 is 2.61 bits per heavy atom. The summed E-state index contributed by atoms with van der Waals surface area (Å²) in [5, 5.41) is 8.54. The van der Waals surface area contributed by atoms with Gasteiger partial charge >= 0.3 is 0 Å². The molecule has 0 amide bonds. The second-order valence-corrected chi connectivity index (χ2v) is 6.37. The Morgan fingerprint density at radius 1 is 1.22 bits per heavy atom. The number of aliphatic imine (C=N–C) groups is 1. The van der Waals surface area contributed by atoms with Crippen LogP contribution >= 0.6 is 11.3 Å². The molecule has 1 aromatic heterocycles. The molecule has 23 heavy (non-hydrogen) atoms. The zero-order valence-corrected chi connectivity index (χ0v) is 14.5. The van der Waals surface area contributed by atoms with Crippen molar-refractivity contribution in [3.8, 4) is 0 Å². The van der Waals surface area contributed by atoms with Crippen molar-refractivity contribution in [3.05, 3.63) is 58.0 Å². The van der Waals surface area contributed by atoms with Gasteiger partial charge in [0.2, 0.25) is 0 Å². The van der Waals surface area contributed by atoms with Crippen LogP contribution in [0.1, 0.15) is 16.5 Å². The lowest BCUT2D eigenvalue weighted by atomic mass is 10.2. The Labute approximate surface area is 141 Å². The molecule has 0 saturated heterocycles. The molecule has 1 atom stereocenters. The van der Waals surface area contributed by atoms with E-state index in [1.54, 1.807) is 30.5 Å². The lowest BCUT2D eigenvalue weighted by Crippen LogP contribution is -2.41. The number of nitrogens with zero attached hydrogens (tertiary/aromatic N) is 2. The van der Waals surface area contributed by atoms with Crippen molar-refractivity contribution in [3.63, 3.8) is 0 Å². The summed E-state index contributed by atoms with van der Waals surface area (Å²) in [6.07, 6.45) is 0. The number of halogens is 1. The summed E-state index contributed by atoms with van der Waals surface area (Å²) in [6.45, 7) is 1.13. The SMILES string of the molecule is CN=C(NCc1ccccc1F)NCC(c1cccs1)N(C)C. The normalized spacial score (nSPS) is 13.2. The number of guanidine groups is 1. The van der Waals surface area contributed by atoms with E-state index in [4.69, 9.17) is 0 Å². The molecule has 0 aliphatic carbocycles. The van der Waals surface area contributed by atoms with E-state index < -0.39 is 0 Å². The van der Waals surface area contributed by atoms with Gasteiger partial charge in [-0.05, 0) is 31.6 Å². The van der Waals surface area contributed by atoms with Crippen LogP contribution in [0.5, 0.6) is 0 Å². The molecular weight excluding hydrogens is 311 g/mol. The van der Waals surface area contributed by atoms with Gasteiger partial charge < -0.3 is 15.5 Å². The fourth-order valence-corrected chi connectivity index (χ4v) is 3.18. The zero-order valence-electron chi connectivity index (χ0n) is 13.7. The molecule has 0 aliphatic rings. The maximum Gasteiger partial charge on any atom is 0.191 e. The summed E-state index contributed by atoms with van der Waals surface area (Å²) in [4.78, 5) is 7.67. The second kappa shape index (κ2) is 8.64. The van der Waals surface area contributed by atoms with Crippen molar-refractivity contribution < 1.29 is 4.39 Å². The zero-order chi connectivity index (χ0) is 16.7. The Balaban J connectivity index is 1.91. The molecule has 2 aromatic rings. The van der Waals surface area contributed by atoms with Crippen LogP contribution in [0.15, 0.2) is 46.8 Å². The van der Waals surface area contributed by atoms with Crippen molar-refractivity contribution in [1.82, 2.24) is 15.5 Å². The Hall–Kier alpha value is -1.92. The van der Waals surface area contributed by atoms with Crippen LogP contribution in [-0.2, 0) is 6.54 Å². The van der Waals surface area contributed by atoms with Gasteiger partial charge in [-0.2, -0.15) is 0 Å². The van der Waals surface area contributed by atoms with Gasteiger partial charge in [0.05, 0.1) is 6.04 Å². The number of benzene rings is 1. The van der Waals surface area contributed by atoms with Crippen LogP contribution < -0.4 is 10.6 Å². The van der Waals surface area contributed by atoms with Gasteiger partial charge in [0.1, 0.15) is 5.82 Å². The van der Waals surface area contributed by atoms with Gasteiger partial charge in [-0.15, -0.1) is 11.3 Å². The number of hydrogen-bond donors (Lipinski definition) is 2. The first-order valence-corrected chi connectivity index (χ1v) is 8.37. The third-order valence-corrected chi connectivity index (χ3v) is 4.56. The molecule has 2 N–H and O–H groups in total. The predicted octanol–water partition coefficient (Wildman–Crippen LogP) is 2.86. The van der Waals surface area contributed by atoms with E-state index in [0.717, 1.165) is 6.54 Å². The standard InChI is InChI=1S/C17H23FN4S/c1-19-17(20-11-13-7-4-5-8-14(13)18)21-12-15(22(2)3)16-9-6-10-23-16/h4-10,15H,11-12H2,1-3H3,(H2,19,20,21). The quantitative estimate of drug-likeness (QED) is 0.630. The minimum absolute atomic E-state index is 0.208. The summed E-state index contributed by atoms with van der Waals surface area (Å²) in [5.74, 6) is 0.455. The van der Waals surface area contributed by atoms with Gasteiger partial charge in [0.25, 0.3) is 0 Å². The van der Waals surface area contributed by atoms with Crippen molar-refractivity contribution in [2.45, 2.75) is 12.6 Å². The minimum Gasteiger partial charge on any atom is -0.354 e. The van der Waals surface area contributed by atoms with Crippen LogP contribution in [0, 0.1) is 5.82 Å². The summed E-state index contributed by atoms with van der Waals surface area (Å²) in [5.41, 5.74) is 0.623.